The number of rotatable bonds is 2. The van der Waals surface area contributed by atoms with Crippen LogP contribution in [0.1, 0.15) is 50.5 Å². The molecule has 0 aromatic heterocycles. The number of hydrogen-bond acceptors (Lipinski definition) is 3. The molecule has 2 heterocycles. The zero-order chi connectivity index (χ0) is 17.0. The highest BCUT2D eigenvalue weighted by molar-refractivity contribution is 6.62. The molecule has 3 rings (SSSR count). The predicted octanol–water partition coefficient (Wildman–Crippen LogP) is 2.39. The maximum Gasteiger partial charge on any atom is 0.495 e. The minimum Gasteiger partial charge on any atom is -0.399 e. The van der Waals surface area contributed by atoms with Crippen molar-refractivity contribution in [1.82, 2.24) is 4.90 Å². The van der Waals surface area contributed by atoms with E-state index in [0.29, 0.717) is 5.92 Å². The summed E-state index contributed by atoms with van der Waals surface area (Å²) in [4.78, 5) is 14.3. The van der Waals surface area contributed by atoms with Crippen LogP contribution >= 0.6 is 0 Å². The molecule has 0 bridgehead atoms. The van der Waals surface area contributed by atoms with Crippen molar-refractivity contribution < 1.29 is 14.1 Å². The Hall–Kier alpha value is -1.33. The van der Waals surface area contributed by atoms with Crippen molar-refractivity contribution in [1.29, 1.82) is 0 Å². The third-order valence-electron chi connectivity index (χ3n) is 5.38. The number of hydrogen-bond donors (Lipinski definition) is 0. The van der Waals surface area contributed by atoms with Crippen molar-refractivity contribution in [3.63, 3.8) is 0 Å². The SMILES string of the molecule is Cc1cc(C(=O)N2CC(C)C2)ccc1B1OC(C)(C)C(C)(C)O1. The summed E-state index contributed by atoms with van der Waals surface area (Å²) in [5, 5.41) is 0. The van der Waals surface area contributed by atoms with Crippen LogP contribution < -0.4 is 5.46 Å². The lowest BCUT2D eigenvalue weighted by molar-refractivity contribution is 0.00578. The summed E-state index contributed by atoms with van der Waals surface area (Å²) in [6.45, 7) is 14.1. The molecule has 0 aliphatic carbocycles. The van der Waals surface area contributed by atoms with Crippen molar-refractivity contribution >= 4 is 18.5 Å². The summed E-state index contributed by atoms with van der Waals surface area (Å²) >= 11 is 0. The summed E-state index contributed by atoms with van der Waals surface area (Å²) in [6.07, 6.45) is 0. The van der Waals surface area contributed by atoms with Gasteiger partial charge in [0.15, 0.2) is 0 Å². The van der Waals surface area contributed by atoms with E-state index >= 15 is 0 Å². The molecule has 0 radical (unpaired) electrons. The molecule has 1 aromatic rings. The molecular formula is C18H26BNO3. The van der Waals surface area contributed by atoms with E-state index in [1.165, 1.54) is 0 Å². The van der Waals surface area contributed by atoms with E-state index in [4.69, 9.17) is 9.31 Å². The average Bonchev–Trinajstić information content (AvgIpc) is 2.62. The maximum atomic E-state index is 12.4. The highest BCUT2D eigenvalue weighted by Crippen LogP contribution is 2.36. The average molecular weight is 315 g/mol. The lowest BCUT2D eigenvalue weighted by Crippen LogP contribution is -2.48. The van der Waals surface area contributed by atoms with Crippen molar-refractivity contribution in [2.45, 2.75) is 52.7 Å². The van der Waals surface area contributed by atoms with Crippen LogP contribution in [0, 0.1) is 12.8 Å². The number of carbonyl (C=O) groups excluding carboxylic acids is 1. The second-order valence-electron chi connectivity index (χ2n) is 7.97. The highest BCUT2D eigenvalue weighted by Gasteiger charge is 2.52. The molecule has 1 amide bonds. The van der Waals surface area contributed by atoms with Gasteiger partial charge in [0, 0.05) is 18.7 Å². The van der Waals surface area contributed by atoms with Crippen LogP contribution in [0.15, 0.2) is 18.2 Å². The molecule has 4 nitrogen and oxygen atoms in total. The number of amides is 1. The van der Waals surface area contributed by atoms with Gasteiger partial charge in [-0.3, -0.25) is 4.79 Å². The molecule has 2 aliphatic heterocycles. The predicted molar refractivity (Wildman–Crippen MR) is 92.0 cm³/mol. The van der Waals surface area contributed by atoms with Crippen molar-refractivity contribution in [3.05, 3.63) is 29.3 Å². The molecule has 5 heteroatoms. The van der Waals surface area contributed by atoms with Crippen molar-refractivity contribution in [2.24, 2.45) is 5.92 Å². The van der Waals surface area contributed by atoms with Gasteiger partial charge in [-0.25, -0.2) is 0 Å². The van der Waals surface area contributed by atoms with Gasteiger partial charge in [0.1, 0.15) is 0 Å². The Labute approximate surface area is 139 Å². The molecule has 23 heavy (non-hydrogen) atoms. The smallest absolute Gasteiger partial charge is 0.399 e. The Kier molecular flexibility index (Phi) is 3.85. The lowest BCUT2D eigenvalue weighted by Gasteiger charge is -2.37. The standard InChI is InChI=1S/C18H26BNO3/c1-12-10-20(11-12)16(21)14-7-8-15(13(2)9-14)19-22-17(3,4)18(5,6)23-19/h7-9,12H,10-11H2,1-6H3. The maximum absolute atomic E-state index is 12.4. The Morgan fingerprint density at radius 2 is 1.74 bits per heavy atom. The van der Waals surface area contributed by atoms with Crippen LogP contribution in [0.4, 0.5) is 0 Å². The van der Waals surface area contributed by atoms with Crippen LogP contribution in [0.25, 0.3) is 0 Å². The quantitative estimate of drug-likeness (QED) is 0.787. The molecule has 2 saturated heterocycles. The van der Waals surface area contributed by atoms with E-state index in [0.717, 1.165) is 29.7 Å². The van der Waals surface area contributed by atoms with E-state index in [1.807, 2.05) is 57.7 Å². The van der Waals surface area contributed by atoms with E-state index in [1.54, 1.807) is 0 Å². The zero-order valence-electron chi connectivity index (χ0n) is 15.0. The molecule has 0 N–H and O–H groups in total. The number of likely N-dealkylation sites (tertiary alicyclic amines) is 1. The van der Waals surface area contributed by atoms with Crippen LogP contribution in [-0.4, -0.2) is 42.2 Å². The fourth-order valence-corrected chi connectivity index (χ4v) is 3.09. The summed E-state index contributed by atoms with van der Waals surface area (Å²) in [5.41, 5.74) is 2.06. The summed E-state index contributed by atoms with van der Waals surface area (Å²) in [7, 11) is -0.381. The molecule has 124 valence electrons. The topological polar surface area (TPSA) is 38.8 Å². The fourth-order valence-electron chi connectivity index (χ4n) is 3.09. The first kappa shape index (κ1) is 16.5. The second-order valence-corrected chi connectivity index (χ2v) is 7.97. The van der Waals surface area contributed by atoms with Gasteiger partial charge in [0.05, 0.1) is 11.2 Å². The molecule has 1 aromatic carbocycles. The first-order valence-electron chi connectivity index (χ1n) is 8.36. The Morgan fingerprint density at radius 1 is 1.17 bits per heavy atom. The number of nitrogens with zero attached hydrogens (tertiary/aromatic N) is 1. The van der Waals surface area contributed by atoms with E-state index in [-0.39, 0.29) is 24.2 Å². The van der Waals surface area contributed by atoms with Gasteiger partial charge in [-0.05, 0) is 58.1 Å². The third kappa shape index (κ3) is 2.81. The highest BCUT2D eigenvalue weighted by atomic mass is 16.7. The largest absolute Gasteiger partial charge is 0.495 e. The summed E-state index contributed by atoms with van der Waals surface area (Å²) in [6, 6.07) is 5.80. The van der Waals surface area contributed by atoms with Gasteiger partial charge in [-0.1, -0.05) is 18.6 Å². The second kappa shape index (κ2) is 5.35. The van der Waals surface area contributed by atoms with Crippen molar-refractivity contribution in [3.8, 4) is 0 Å². The zero-order valence-corrected chi connectivity index (χ0v) is 15.0. The normalized spacial score (nSPS) is 23.0. The number of carbonyl (C=O) groups is 1. The van der Waals surface area contributed by atoms with Crippen molar-refractivity contribution in [2.75, 3.05) is 13.1 Å². The Bertz CT molecular complexity index is 619. The minimum atomic E-state index is -0.381. The number of benzene rings is 1. The Balaban J connectivity index is 1.80. The molecule has 0 unspecified atom stereocenters. The van der Waals surface area contributed by atoms with Gasteiger partial charge in [0.2, 0.25) is 0 Å². The first-order chi connectivity index (χ1) is 10.6. The summed E-state index contributed by atoms with van der Waals surface area (Å²) in [5.74, 6) is 0.732. The van der Waals surface area contributed by atoms with Gasteiger partial charge < -0.3 is 14.2 Å². The van der Waals surface area contributed by atoms with Crippen LogP contribution in [0.2, 0.25) is 0 Å². The molecule has 0 spiro atoms. The van der Waals surface area contributed by atoms with Gasteiger partial charge in [-0.15, -0.1) is 0 Å². The summed E-state index contributed by atoms with van der Waals surface area (Å²) < 4.78 is 12.2. The minimum absolute atomic E-state index is 0.117. The Morgan fingerprint density at radius 3 is 2.22 bits per heavy atom. The van der Waals surface area contributed by atoms with Gasteiger partial charge >= 0.3 is 7.12 Å². The number of aryl methyl sites for hydroxylation is 1. The third-order valence-corrected chi connectivity index (χ3v) is 5.38. The monoisotopic (exact) mass is 315 g/mol. The van der Waals surface area contributed by atoms with Crippen LogP contribution in [-0.2, 0) is 9.31 Å². The van der Waals surface area contributed by atoms with Crippen LogP contribution in [0.5, 0.6) is 0 Å². The van der Waals surface area contributed by atoms with E-state index in [2.05, 4.69) is 6.92 Å². The molecular weight excluding hydrogens is 289 g/mol. The lowest BCUT2D eigenvalue weighted by atomic mass is 9.75. The first-order valence-corrected chi connectivity index (χ1v) is 8.36. The molecule has 0 saturated carbocycles. The van der Waals surface area contributed by atoms with Crippen LogP contribution in [0.3, 0.4) is 0 Å². The fraction of sp³-hybridized carbons (Fsp3) is 0.611. The van der Waals surface area contributed by atoms with Gasteiger partial charge in [0.25, 0.3) is 5.91 Å². The molecule has 0 atom stereocenters. The molecule has 2 aliphatic rings. The molecule has 2 fully saturated rings. The van der Waals surface area contributed by atoms with E-state index < -0.39 is 0 Å². The van der Waals surface area contributed by atoms with Gasteiger partial charge in [-0.2, -0.15) is 0 Å². The van der Waals surface area contributed by atoms with E-state index in [9.17, 15) is 4.79 Å².